The van der Waals surface area contributed by atoms with Gasteiger partial charge in [0.25, 0.3) is 0 Å². The van der Waals surface area contributed by atoms with Crippen molar-refractivity contribution in [2.75, 3.05) is 0 Å². The first kappa shape index (κ1) is 8.58. The molecule has 0 nitrogen and oxygen atoms in total. The molecule has 0 N–H and O–H groups in total. The van der Waals surface area contributed by atoms with Crippen molar-refractivity contribution in [1.82, 2.24) is 0 Å². The summed E-state index contributed by atoms with van der Waals surface area (Å²) in [5.74, 6) is 1.38. The zero-order valence-electron chi connectivity index (χ0n) is 7.94. The lowest BCUT2D eigenvalue weighted by Gasteiger charge is -2.23. The minimum Gasteiger partial charge on any atom is -0.0733 e. The van der Waals surface area contributed by atoms with Crippen molar-refractivity contribution < 1.29 is 0 Å². The average molecular weight is 149 g/mol. The van der Waals surface area contributed by atoms with Crippen molar-refractivity contribution in [3.05, 3.63) is 29.7 Å². The highest BCUT2D eigenvalue weighted by Crippen LogP contribution is 2.35. The third-order valence-electron chi connectivity index (χ3n) is 2.57. The van der Waals surface area contributed by atoms with Gasteiger partial charge in [-0.2, -0.15) is 0 Å². The van der Waals surface area contributed by atoms with Crippen molar-refractivity contribution in [2.45, 2.75) is 34.1 Å². The fourth-order valence-corrected chi connectivity index (χ4v) is 1.19. The fourth-order valence-electron chi connectivity index (χ4n) is 1.19. The van der Waals surface area contributed by atoms with E-state index in [0.29, 0.717) is 5.41 Å². The Labute approximate surface area is 70.0 Å². The summed E-state index contributed by atoms with van der Waals surface area (Å²) in [5.41, 5.74) is 1.83. The van der Waals surface area contributed by atoms with Gasteiger partial charge in [0.05, 0.1) is 0 Å². The predicted octanol–water partition coefficient (Wildman–Crippen LogP) is 3.51. The minimum absolute atomic E-state index is 0.355. The van der Waals surface area contributed by atoms with Gasteiger partial charge >= 0.3 is 0 Å². The first-order chi connectivity index (χ1) is 5.06. The molecule has 1 radical (unpaired) electrons. The Morgan fingerprint density at radius 2 is 1.91 bits per heavy atom. The molecule has 0 aromatic heterocycles. The van der Waals surface area contributed by atoms with E-state index in [-0.39, 0.29) is 0 Å². The summed E-state index contributed by atoms with van der Waals surface area (Å²) in [6, 6.07) is 0. The van der Waals surface area contributed by atoms with Crippen molar-refractivity contribution in [1.29, 1.82) is 0 Å². The van der Waals surface area contributed by atoms with Crippen LogP contribution in [0.25, 0.3) is 0 Å². The van der Waals surface area contributed by atoms with E-state index in [2.05, 4.69) is 45.9 Å². The van der Waals surface area contributed by atoms with Crippen LogP contribution >= 0.6 is 0 Å². The van der Waals surface area contributed by atoms with Crippen LogP contribution < -0.4 is 0 Å². The van der Waals surface area contributed by atoms with Gasteiger partial charge in [0.1, 0.15) is 0 Å². The lowest BCUT2D eigenvalue weighted by Crippen LogP contribution is -2.10. The maximum Gasteiger partial charge on any atom is 0.0165 e. The van der Waals surface area contributed by atoms with Crippen LogP contribution in [-0.2, 0) is 0 Å². The normalized spacial score (nSPS) is 19.1. The Balaban J connectivity index is 2.77. The van der Waals surface area contributed by atoms with Gasteiger partial charge in [0.15, 0.2) is 0 Å². The highest BCUT2D eigenvalue weighted by molar-refractivity contribution is 5.42. The smallest absolute Gasteiger partial charge is 0.0165 e. The quantitative estimate of drug-likeness (QED) is 0.563. The molecule has 0 fully saturated rings. The van der Waals surface area contributed by atoms with E-state index >= 15 is 0 Å². The van der Waals surface area contributed by atoms with Crippen LogP contribution in [0.3, 0.4) is 0 Å². The van der Waals surface area contributed by atoms with E-state index < -0.39 is 0 Å². The molecular weight excluding hydrogens is 132 g/mol. The Kier molecular flexibility index (Phi) is 2.22. The lowest BCUT2D eigenvalue weighted by atomic mass is 9.82. The predicted molar refractivity (Wildman–Crippen MR) is 50.2 cm³/mol. The molecule has 0 aromatic rings. The van der Waals surface area contributed by atoms with Crippen LogP contribution in [-0.4, -0.2) is 0 Å². The molecule has 61 valence electrons. The van der Waals surface area contributed by atoms with Crippen LogP contribution in [0.5, 0.6) is 0 Å². The van der Waals surface area contributed by atoms with E-state index in [1.54, 1.807) is 0 Å². The summed E-state index contributed by atoms with van der Waals surface area (Å²) in [7, 11) is 0. The number of hydrogen-bond acceptors (Lipinski definition) is 0. The SMILES string of the molecule is CCC(C)(C)C1=C[C](C)C=C1. The summed E-state index contributed by atoms with van der Waals surface area (Å²) < 4.78 is 0. The molecule has 0 saturated heterocycles. The molecule has 0 aromatic carbocycles. The van der Waals surface area contributed by atoms with Crippen LogP contribution in [0.4, 0.5) is 0 Å². The van der Waals surface area contributed by atoms with Crippen LogP contribution in [0.1, 0.15) is 34.1 Å². The molecule has 0 amide bonds. The van der Waals surface area contributed by atoms with E-state index in [0.717, 1.165) is 0 Å². The van der Waals surface area contributed by atoms with Crippen molar-refractivity contribution in [2.24, 2.45) is 5.41 Å². The molecule has 0 atom stereocenters. The molecule has 0 aliphatic heterocycles. The maximum atomic E-state index is 2.29. The summed E-state index contributed by atoms with van der Waals surface area (Å²) in [4.78, 5) is 0. The zero-order valence-corrected chi connectivity index (χ0v) is 7.94. The largest absolute Gasteiger partial charge is 0.0733 e. The van der Waals surface area contributed by atoms with E-state index in [9.17, 15) is 0 Å². The second-order valence-corrected chi connectivity index (χ2v) is 3.91. The second-order valence-electron chi connectivity index (χ2n) is 3.91. The summed E-state index contributed by atoms with van der Waals surface area (Å²) >= 11 is 0. The molecule has 11 heavy (non-hydrogen) atoms. The third-order valence-corrected chi connectivity index (χ3v) is 2.57. The Bertz CT molecular complexity index is 194. The molecule has 0 saturated carbocycles. The van der Waals surface area contributed by atoms with Gasteiger partial charge in [-0.1, -0.05) is 45.9 Å². The van der Waals surface area contributed by atoms with E-state index in [1.165, 1.54) is 17.9 Å². The molecule has 0 heterocycles. The van der Waals surface area contributed by atoms with Crippen molar-refractivity contribution in [3.63, 3.8) is 0 Å². The highest BCUT2D eigenvalue weighted by Gasteiger charge is 2.21. The van der Waals surface area contributed by atoms with Gasteiger partial charge in [-0.05, 0) is 17.4 Å². The van der Waals surface area contributed by atoms with Crippen LogP contribution in [0.2, 0.25) is 0 Å². The summed E-state index contributed by atoms with van der Waals surface area (Å²) in [6.07, 6.45) is 7.91. The first-order valence-corrected chi connectivity index (χ1v) is 4.30. The fraction of sp³-hybridized carbons (Fsp3) is 0.545. The molecule has 1 aliphatic carbocycles. The summed E-state index contributed by atoms with van der Waals surface area (Å²) in [5, 5.41) is 0. The zero-order chi connectivity index (χ0) is 8.48. The average Bonchev–Trinajstić information content (AvgIpc) is 2.36. The van der Waals surface area contributed by atoms with Gasteiger partial charge in [0, 0.05) is 5.92 Å². The summed E-state index contributed by atoms with van der Waals surface area (Å²) in [6.45, 7) is 8.97. The molecule has 0 spiro atoms. The molecular formula is C11H17. The second kappa shape index (κ2) is 2.84. The number of allylic oxidation sites excluding steroid dienone is 4. The standard InChI is InChI=1S/C11H17/c1-5-11(3,4)10-7-6-9(2)8-10/h6-8H,5H2,1-4H3. The maximum absolute atomic E-state index is 2.29. The van der Waals surface area contributed by atoms with Crippen molar-refractivity contribution >= 4 is 0 Å². The lowest BCUT2D eigenvalue weighted by molar-refractivity contribution is 0.440. The first-order valence-electron chi connectivity index (χ1n) is 4.30. The number of hydrogen-bond donors (Lipinski definition) is 0. The van der Waals surface area contributed by atoms with Gasteiger partial charge < -0.3 is 0 Å². The minimum atomic E-state index is 0.355. The van der Waals surface area contributed by atoms with Crippen molar-refractivity contribution in [3.8, 4) is 0 Å². The molecule has 1 rings (SSSR count). The topological polar surface area (TPSA) is 0 Å². The molecule has 0 heteroatoms. The van der Waals surface area contributed by atoms with Gasteiger partial charge in [0.2, 0.25) is 0 Å². The van der Waals surface area contributed by atoms with Gasteiger partial charge in [-0.3, -0.25) is 0 Å². The van der Waals surface area contributed by atoms with Crippen LogP contribution in [0, 0.1) is 11.3 Å². The Morgan fingerprint density at radius 1 is 1.27 bits per heavy atom. The highest BCUT2D eigenvalue weighted by atomic mass is 14.3. The van der Waals surface area contributed by atoms with E-state index in [4.69, 9.17) is 0 Å². The number of rotatable bonds is 2. The third kappa shape index (κ3) is 1.74. The van der Waals surface area contributed by atoms with E-state index in [1.807, 2.05) is 0 Å². The molecule has 0 unspecified atom stereocenters. The Morgan fingerprint density at radius 3 is 2.27 bits per heavy atom. The van der Waals surface area contributed by atoms with Gasteiger partial charge in [-0.25, -0.2) is 0 Å². The molecule has 1 aliphatic rings. The Hall–Kier alpha value is -0.520. The van der Waals surface area contributed by atoms with Gasteiger partial charge in [-0.15, -0.1) is 0 Å². The van der Waals surface area contributed by atoms with Crippen LogP contribution in [0.15, 0.2) is 23.8 Å². The monoisotopic (exact) mass is 149 g/mol. The molecule has 0 bridgehead atoms.